The fourth-order valence-corrected chi connectivity index (χ4v) is 1.70. The Morgan fingerprint density at radius 3 is 2.94 bits per heavy atom. The van der Waals surface area contributed by atoms with Crippen molar-refractivity contribution in [1.29, 1.82) is 0 Å². The lowest BCUT2D eigenvalue weighted by molar-refractivity contribution is 0.174. The molecule has 86 valence electrons. The third-order valence-corrected chi connectivity index (χ3v) is 2.57. The number of ether oxygens (including phenoxy) is 2. The van der Waals surface area contributed by atoms with Gasteiger partial charge in [0.1, 0.15) is 0 Å². The monoisotopic (exact) mass is 228 g/mol. The van der Waals surface area contributed by atoms with Gasteiger partial charge in [-0.15, -0.1) is 0 Å². The molecule has 1 aromatic heterocycles. The van der Waals surface area contributed by atoms with Crippen LogP contribution >= 0.6 is 0 Å². The highest BCUT2D eigenvalue weighted by Crippen LogP contribution is 2.34. The van der Waals surface area contributed by atoms with Gasteiger partial charge in [-0.3, -0.25) is 4.98 Å². The van der Waals surface area contributed by atoms with E-state index >= 15 is 0 Å². The molecule has 0 bridgehead atoms. The molecule has 1 aliphatic rings. The van der Waals surface area contributed by atoms with Gasteiger partial charge in [0.25, 0.3) is 0 Å². The quantitative estimate of drug-likeness (QED) is 0.876. The minimum atomic E-state index is 0.305. The van der Waals surface area contributed by atoms with Gasteiger partial charge in [-0.2, -0.15) is 0 Å². The van der Waals surface area contributed by atoms with E-state index in [-0.39, 0.29) is 0 Å². The van der Waals surface area contributed by atoms with Crippen LogP contribution in [0, 0.1) is 0 Å². The normalized spacial score (nSPS) is 12.5. The minimum absolute atomic E-state index is 0.305. The van der Waals surface area contributed by atoms with Gasteiger partial charge < -0.3 is 14.8 Å². The van der Waals surface area contributed by atoms with E-state index in [1.807, 2.05) is 36.4 Å². The molecule has 3 rings (SSSR count). The second kappa shape index (κ2) is 4.33. The number of benzene rings is 1. The van der Waals surface area contributed by atoms with Crippen molar-refractivity contribution >= 4 is 5.69 Å². The molecule has 0 unspecified atom stereocenters. The predicted molar refractivity (Wildman–Crippen MR) is 64.1 cm³/mol. The second-order valence-electron chi connectivity index (χ2n) is 3.74. The number of hydrogen-bond acceptors (Lipinski definition) is 4. The lowest BCUT2D eigenvalue weighted by Gasteiger charge is -2.06. The van der Waals surface area contributed by atoms with E-state index in [0.29, 0.717) is 13.3 Å². The van der Waals surface area contributed by atoms with Crippen LogP contribution in [0.3, 0.4) is 0 Å². The first-order valence-corrected chi connectivity index (χ1v) is 5.45. The predicted octanol–water partition coefficient (Wildman–Crippen LogP) is 2.42. The van der Waals surface area contributed by atoms with E-state index in [9.17, 15) is 0 Å². The van der Waals surface area contributed by atoms with E-state index < -0.39 is 0 Å². The van der Waals surface area contributed by atoms with Crippen LogP contribution in [0.15, 0.2) is 42.6 Å². The maximum atomic E-state index is 5.31. The molecule has 0 saturated heterocycles. The molecular weight excluding hydrogens is 216 g/mol. The minimum Gasteiger partial charge on any atom is -0.454 e. The molecule has 2 aromatic rings. The van der Waals surface area contributed by atoms with Crippen LogP contribution < -0.4 is 14.8 Å². The third kappa shape index (κ3) is 2.15. The number of pyridine rings is 1. The van der Waals surface area contributed by atoms with Crippen molar-refractivity contribution in [3.8, 4) is 11.5 Å². The second-order valence-corrected chi connectivity index (χ2v) is 3.74. The molecular formula is C13H12N2O2. The van der Waals surface area contributed by atoms with Crippen LogP contribution in [-0.2, 0) is 6.54 Å². The summed E-state index contributed by atoms with van der Waals surface area (Å²) in [5.41, 5.74) is 2.00. The van der Waals surface area contributed by atoms with Gasteiger partial charge in [-0.1, -0.05) is 6.07 Å². The largest absolute Gasteiger partial charge is 0.454 e. The summed E-state index contributed by atoms with van der Waals surface area (Å²) in [7, 11) is 0. The highest BCUT2D eigenvalue weighted by molar-refractivity contribution is 5.55. The van der Waals surface area contributed by atoms with Gasteiger partial charge in [0.2, 0.25) is 6.79 Å². The van der Waals surface area contributed by atoms with Crippen molar-refractivity contribution in [1.82, 2.24) is 4.98 Å². The number of nitrogens with zero attached hydrogens (tertiary/aromatic N) is 1. The molecule has 0 aliphatic carbocycles. The van der Waals surface area contributed by atoms with E-state index in [1.54, 1.807) is 6.20 Å². The Morgan fingerprint density at radius 2 is 2.06 bits per heavy atom. The van der Waals surface area contributed by atoms with Crippen LogP contribution in [0.5, 0.6) is 11.5 Å². The van der Waals surface area contributed by atoms with Crippen molar-refractivity contribution < 1.29 is 9.47 Å². The first kappa shape index (κ1) is 9.96. The number of anilines is 1. The smallest absolute Gasteiger partial charge is 0.231 e. The van der Waals surface area contributed by atoms with Gasteiger partial charge in [0.05, 0.1) is 12.2 Å². The van der Waals surface area contributed by atoms with Crippen LogP contribution in [0.4, 0.5) is 5.69 Å². The first-order valence-electron chi connectivity index (χ1n) is 5.45. The summed E-state index contributed by atoms with van der Waals surface area (Å²) in [5, 5.41) is 3.29. The number of rotatable bonds is 3. The Morgan fingerprint density at radius 1 is 1.12 bits per heavy atom. The zero-order valence-electron chi connectivity index (χ0n) is 9.22. The maximum absolute atomic E-state index is 5.31. The van der Waals surface area contributed by atoms with Crippen LogP contribution in [-0.4, -0.2) is 11.8 Å². The Bertz CT molecular complexity index is 514. The van der Waals surface area contributed by atoms with Crippen LogP contribution in [0.1, 0.15) is 5.69 Å². The van der Waals surface area contributed by atoms with E-state index in [1.165, 1.54) is 0 Å². The van der Waals surface area contributed by atoms with Gasteiger partial charge in [-0.25, -0.2) is 0 Å². The molecule has 2 heterocycles. The number of fused-ring (bicyclic) bond motifs is 1. The molecule has 4 heteroatoms. The third-order valence-electron chi connectivity index (χ3n) is 2.57. The fourth-order valence-electron chi connectivity index (χ4n) is 1.70. The molecule has 0 atom stereocenters. The zero-order chi connectivity index (χ0) is 11.5. The number of aromatic nitrogens is 1. The highest BCUT2D eigenvalue weighted by Gasteiger charge is 2.12. The lowest BCUT2D eigenvalue weighted by atomic mass is 10.2. The fraction of sp³-hybridized carbons (Fsp3) is 0.154. The standard InChI is InChI=1S/C13H12N2O2/c1-2-6-14-11(3-1)8-15-10-4-5-12-13(7-10)17-9-16-12/h1-7,15H,8-9H2. The summed E-state index contributed by atoms with van der Waals surface area (Å²) in [4.78, 5) is 4.25. The summed E-state index contributed by atoms with van der Waals surface area (Å²) >= 11 is 0. The van der Waals surface area contributed by atoms with Crippen molar-refractivity contribution in [3.63, 3.8) is 0 Å². The molecule has 17 heavy (non-hydrogen) atoms. The van der Waals surface area contributed by atoms with Crippen molar-refractivity contribution in [3.05, 3.63) is 48.3 Å². The highest BCUT2D eigenvalue weighted by atomic mass is 16.7. The lowest BCUT2D eigenvalue weighted by Crippen LogP contribution is -2.00. The summed E-state index contributed by atoms with van der Waals surface area (Å²) in [6, 6.07) is 11.7. The molecule has 0 amide bonds. The van der Waals surface area contributed by atoms with Crippen molar-refractivity contribution in [2.45, 2.75) is 6.54 Å². The van der Waals surface area contributed by atoms with E-state index in [4.69, 9.17) is 9.47 Å². The SMILES string of the molecule is c1ccc(CNc2ccc3c(c2)OCO3)nc1. The molecule has 1 aliphatic heterocycles. The van der Waals surface area contributed by atoms with E-state index in [2.05, 4.69) is 10.3 Å². The Labute approximate surface area is 99.2 Å². The molecule has 0 radical (unpaired) electrons. The van der Waals surface area contributed by atoms with Crippen molar-refractivity contribution in [2.24, 2.45) is 0 Å². The molecule has 1 aromatic carbocycles. The van der Waals surface area contributed by atoms with Gasteiger partial charge in [0.15, 0.2) is 11.5 Å². The van der Waals surface area contributed by atoms with Crippen LogP contribution in [0.25, 0.3) is 0 Å². The Hall–Kier alpha value is -2.23. The summed E-state index contributed by atoms with van der Waals surface area (Å²) < 4.78 is 10.6. The number of nitrogens with one attached hydrogen (secondary N) is 1. The zero-order valence-corrected chi connectivity index (χ0v) is 9.22. The average molecular weight is 228 g/mol. The average Bonchev–Trinajstić information content (AvgIpc) is 2.85. The van der Waals surface area contributed by atoms with Gasteiger partial charge in [0, 0.05) is 18.0 Å². The van der Waals surface area contributed by atoms with Crippen molar-refractivity contribution in [2.75, 3.05) is 12.1 Å². The van der Waals surface area contributed by atoms with Crippen LogP contribution in [0.2, 0.25) is 0 Å². The molecule has 1 N–H and O–H groups in total. The molecule has 0 fully saturated rings. The topological polar surface area (TPSA) is 43.4 Å². The van der Waals surface area contributed by atoms with E-state index in [0.717, 1.165) is 22.9 Å². The molecule has 0 saturated carbocycles. The number of hydrogen-bond donors (Lipinski definition) is 1. The molecule has 4 nitrogen and oxygen atoms in total. The maximum Gasteiger partial charge on any atom is 0.231 e. The summed E-state index contributed by atoms with van der Waals surface area (Å²) in [6.45, 7) is 1.000. The Kier molecular flexibility index (Phi) is 2.54. The molecule has 0 spiro atoms. The summed E-state index contributed by atoms with van der Waals surface area (Å²) in [5.74, 6) is 1.59. The first-order chi connectivity index (χ1) is 8.42. The Balaban J connectivity index is 1.70. The van der Waals surface area contributed by atoms with Gasteiger partial charge in [-0.05, 0) is 24.3 Å². The summed E-state index contributed by atoms with van der Waals surface area (Å²) in [6.07, 6.45) is 1.79. The van der Waals surface area contributed by atoms with Gasteiger partial charge >= 0.3 is 0 Å².